The normalized spacial score (nSPS) is 14.1. The van der Waals surface area contributed by atoms with Crippen LogP contribution in [0.5, 0.6) is 0 Å². The highest BCUT2D eigenvalue weighted by molar-refractivity contribution is 6.77. The van der Waals surface area contributed by atoms with E-state index in [4.69, 9.17) is 9.16 Å². The fraction of sp³-hybridized carbons (Fsp3) is 1.00. The molecule has 0 aromatic rings. The molecule has 0 spiro atoms. The fourth-order valence-electron chi connectivity index (χ4n) is 2.81. The van der Waals surface area contributed by atoms with Crippen molar-refractivity contribution < 1.29 is 9.16 Å². The molecule has 0 saturated heterocycles. The van der Waals surface area contributed by atoms with Crippen LogP contribution in [0.1, 0.15) is 62.3 Å². The lowest BCUT2D eigenvalue weighted by Gasteiger charge is -2.42. The van der Waals surface area contributed by atoms with E-state index in [0.717, 1.165) is 0 Å². The maximum atomic E-state index is 6.31. The molecule has 0 atom stereocenters. The summed E-state index contributed by atoms with van der Waals surface area (Å²) in [6.07, 6.45) is 0. The molecule has 0 unspecified atom stereocenters. The van der Waals surface area contributed by atoms with E-state index in [2.05, 4.69) is 62.3 Å². The summed E-state index contributed by atoms with van der Waals surface area (Å²) < 4.78 is 12.1. The van der Waals surface area contributed by atoms with Crippen LogP contribution < -0.4 is 0 Å². The highest BCUT2D eigenvalue weighted by Gasteiger charge is 2.45. The summed E-state index contributed by atoms with van der Waals surface area (Å²) in [5.74, 6) is 0. The lowest BCUT2D eigenvalue weighted by molar-refractivity contribution is -0.0825. The molecule has 0 N–H and O–H groups in total. The Hall–Kier alpha value is 0.137. The van der Waals surface area contributed by atoms with Crippen LogP contribution >= 0.6 is 0 Å². The number of hydrogen-bond acceptors (Lipinski definition) is 2. The van der Waals surface area contributed by atoms with Gasteiger partial charge in [0.05, 0.1) is 5.60 Å². The van der Waals surface area contributed by atoms with Crippen molar-refractivity contribution in [2.24, 2.45) is 0 Å². The van der Waals surface area contributed by atoms with Gasteiger partial charge in [-0.15, -0.1) is 0 Å². The van der Waals surface area contributed by atoms with Gasteiger partial charge in [-0.05, 0) is 37.4 Å². The van der Waals surface area contributed by atoms with Crippen molar-refractivity contribution in [1.29, 1.82) is 0 Å². The van der Waals surface area contributed by atoms with Gasteiger partial charge in [0, 0.05) is 0 Å². The third kappa shape index (κ3) is 4.72. The second kappa shape index (κ2) is 6.35. The topological polar surface area (TPSA) is 18.5 Å². The molecular formula is C14H32O2Si. The average Bonchev–Trinajstić information content (AvgIpc) is 2.08. The number of rotatable bonds is 6. The molecule has 0 aliphatic heterocycles. The molecule has 0 radical (unpaired) electrons. The Morgan fingerprint density at radius 3 is 1.41 bits per heavy atom. The Labute approximate surface area is 109 Å². The molecule has 104 valence electrons. The maximum Gasteiger partial charge on any atom is 0.203 e. The molecule has 0 bridgehead atoms. The largest absolute Gasteiger partial charge is 0.394 e. The molecule has 0 aliphatic carbocycles. The van der Waals surface area contributed by atoms with E-state index in [-0.39, 0.29) is 5.60 Å². The first-order valence-electron chi connectivity index (χ1n) is 6.82. The SMILES string of the molecule is CC(C)[Si](OCOC(C)(C)C)(C(C)C)C(C)C. The Bertz CT molecular complexity index is 195. The van der Waals surface area contributed by atoms with E-state index in [1.165, 1.54) is 0 Å². The van der Waals surface area contributed by atoms with Crippen molar-refractivity contribution in [2.45, 2.75) is 84.5 Å². The van der Waals surface area contributed by atoms with Crippen molar-refractivity contribution in [3.05, 3.63) is 0 Å². The Kier molecular flexibility index (Phi) is 6.40. The molecule has 0 aliphatic rings. The summed E-state index contributed by atoms with van der Waals surface area (Å²) in [6.45, 7) is 20.4. The van der Waals surface area contributed by atoms with Crippen LogP contribution in [0.25, 0.3) is 0 Å². The molecule has 2 nitrogen and oxygen atoms in total. The summed E-state index contributed by atoms with van der Waals surface area (Å²) in [5, 5.41) is 0. The van der Waals surface area contributed by atoms with Crippen molar-refractivity contribution in [3.8, 4) is 0 Å². The van der Waals surface area contributed by atoms with Gasteiger partial charge in [-0.25, -0.2) is 0 Å². The molecule has 0 aromatic heterocycles. The van der Waals surface area contributed by atoms with Crippen LogP contribution in [-0.4, -0.2) is 20.7 Å². The zero-order valence-corrected chi connectivity index (χ0v) is 14.3. The molecule has 17 heavy (non-hydrogen) atoms. The monoisotopic (exact) mass is 260 g/mol. The van der Waals surface area contributed by atoms with Crippen LogP contribution in [0.4, 0.5) is 0 Å². The van der Waals surface area contributed by atoms with Gasteiger partial charge in [0.15, 0.2) is 0 Å². The smallest absolute Gasteiger partial charge is 0.203 e. The van der Waals surface area contributed by atoms with Crippen molar-refractivity contribution in [2.75, 3.05) is 6.79 Å². The third-order valence-electron chi connectivity index (χ3n) is 3.51. The summed E-state index contributed by atoms with van der Waals surface area (Å²) in [6, 6.07) is 0. The molecule has 0 saturated carbocycles. The van der Waals surface area contributed by atoms with Crippen LogP contribution in [0.15, 0.2) is 0 Å². The first-order chi connectivity index (χ1) is 7.54. The zero-order valence-electron chi connectivity index (χ0n) is 13.3. The third-order valence-corrected chi connectivity index (χ3v) is 9.54. The van der Waals surface area contributed by atoms with Crippen LogP contribution in [0, 0.1) is 0 Å². The predicted molar refractivity (Wildman–Crippen MR) is 77.8 cm³/mol. The summed E-state index contributed by atoms with van der Waals surface area (Å²) in [4.78, 5) is 0. The minimum atomic E-state index is -1.75. The van der Waals surface area contributed by atoms with E-state index in [1.807, 2.05) is 0 Å². The van der Waals surface area contributed by atoms with E-state index < -0.39 is 8.32 Å². The van der Waals surface area contributed by atoms with Gasteiger partial charge in [0.25, 0.3) is 0 Å². The quantitative estimate of drug-likeness (QED) is 0.497. The van der Waals surface area contributed by atoms with Gasteiger partial charge in [0.2, 0.25) is 8.32 Å². The van der Waals surface area contributed by atoms with E-state index in [1.54, 1.807) is 0 Å². The van der Waals surface area contributed by atoms with Crippen molar-refractivity contribution in [3.63, 3.8) is 0 Å². The second-order valence-electron chi connectivity index (χ2n) is 6.84. The lowest BCUT2D eigenvalue weighted by Crippen LogP contribution is -2.48. The van der Waals surface area contributed by atoms with E-state index in [0.29, 0.717) is 23.4 Å². The summed E-state index contributed by atoms with van der Waals surface area (Å²) in [5.41, 5.74) is 1.73. The molecule has 0 amide bonds. The van der Waals surface area contributed by atoms with Gasteiger partial charge >= 0.3 is 0 Å². The highest BCUT2D eigenvalue weighted by atomic mass is 28.4. The Morgan fingerprint density at radius 1 is 0.824 bits per heavy atom. The van der Waals surface area contributed by atoms with E-state index >= 15 is 0 Å². The Balaban J connectivity index is 4.71. The average molecular weight is 260 g/mol. The van der Waals surface area contributed by atoms with Crippen LogP contribution in [0.3, 0.4) is 0 Å². The van der Waals surface area contributed by atoms with Crippen molar-refractivity contribution >= 4 is 8.32 Å². The first kappa shape index (κ1) is 17.1. The minimum absolute atomic E-state index is 0.120. The zero-order chi connectivity index (χ0) is 13.9. The standard InChI is InChI=1S/C14H32O2Si/c1-11(2)17(12(3)4,13(5)6)16-10-15-14(7,8)9/h11-13H,10H2,1-9H3. The van der Waals surface area contributed by atoms with Crippen molar-refractivity contribution in [1.82, 2.24) is 0 Å². The molecule has 0 rings (SSSR count). The van der Waals surface area contributed by atoms with Gasteiger partial charge in [-0.2, -0.15) is 0 Å². The molecular weight excluding hydrogens is 228 g/mol. The predicted octanol–water partition coefficient (Wildman–Crippen LogP) is 4.95. The fourth-order valence-corrected chi connectivity index (χ4v) is 8.07. The minimum Gasteiger partial charge on any atom is -0.394 e. The van der Waals surface area contributed by atoms with Gasteiger partial charge in [0.1, 0.15) is 6.79 Å². The molecule has 0 fully saturated rings. The molecule has 0 heterocycles. The number of ether oxygens (including phenoxy) is 1. The van der Waals surface area contributed by atoms with Crippen LogP contribution in [-0.2, 0) is 9.16 Å². The first-order valence-corrected chi connectivity index (χ1v) is 8.96. The molecule has 0 aromatic carbocycles. The summed E-state index contributed by atoms with van der Waals surface area (Å²) in [7, 11) is -1.75. The highest BCUT2D eigenvalue weighted by Crippen LogP contribution is 2.42. The second-order valence-corrected chi connectivity index (χ2v) is 12.3. The van der Waals surface area contributed by atoms with Gasteiger partial charge in [-0.3, -0.25) is 0 Å². The Morgan fingerprint density at radius 2 is 1.18 bits per heavy atom. The van der Waals surface area contributed by atoms with Crippen LogP contribution in [0.2, 0.25) is 16.6 Å². The lowest BCUT2D eigenvalue weighted by atomic mass is 10.2. The van der Waals surface area contributed by atoms with Gasteiger partial charge in [-0.1, -0.05) is 41.5 Å². The summed E-state index contributed by atoms with van der Waals surface area (Å²) >= 11 is 0. The maximum absolute atomic E-state index is 6.31. The number of hydrogen-bond donors (Lipinski definition) is 0. The van der Waals surface area contributed by atoms with E-state index in [9.17, 15) is 0 Å². The molecule has 3 heteroatoms. The van der Waals surface area contributed by atoms with Gasteiger partial charge < -0.3 is 9.16 Å².